The fourth-order valence-corrected chi connectivity index (χ4v) is 5.99. The fourth-order valence-electron chi connectivity index (χ4n) is 5.52. The largest absolute Gasteiger partial charge is 0.419 e. The van der Waals surface area contributed by atoms with Crippen molar-refractivity contribution in [3.05, 3.63) is 53.1 Å². The quantitative estimate of drug-likeness (QED) is 0.298. The van der Waals surface area contributed by atoms with Crippen LogP contribution in [0, 0.1) is 17.1 Å². The molecular weight excluding hydrogens is 548 g/mol. The van der Waals surface area contributed by atoms with E-state index in [4.69, 9.17) is 17.5 Å². The second-order valence-electron chi connectivity index (χ2n) is 10.2. The number of nitrogens with one attached hydrogen (secondary N) is 1. The molecule has 3 heterocycles. The second-order valence-corrected chi connectivity index (χ2v) is 10.5. The molecule has 0 unspecified atom stereocenters. The van der Waals surface area contributed by atoms with E-state index < -0.39 is 40.6 Å². The van der Waals surface area contributed by atoms with Crippen molar-refractivity contribution >= 4 is 40.5 Å². The van der Waals surface area contributed by atoms with Crippen molar-refractivity contribution < 1.29 is 27.2 Å². The zero-order valence-electron chi connectivity index (χ0n) is 21.4. The van der Waals surface area contributed by atoms with E-state index in [2.05, 4.69) is 15.2 Å². The number of hydrogen-bond acceptors (Lipinski definition) is 6. The van der Waals surface area contributed by atoms with Gasteiger partial charge in [-0.2, -0.15) is 18.4 Å². The summed E-state index contributed by atoms with van der Waals surface area (Å²) in [7, 11) is 0. The molecule has 5 rings (SSSR count). The van der Waals surface area contributed by atoms with Crippen molar-refractivity contribution in [2.24, 2.45) is 0 Å². The van der Waals surface area contributed by atoms with Gasteiger partial charge in [0.05, 0.1) is 23.0 Å². The number of rotatable bonds is 7. The van der Waals surface area contributed by atoms with E-state index in [0.29, 0.717) is 38.3 Å². The Kier molecular flexibility index (Phi) is 7.50. The van der Waals surface area contributed by atoms with Crippen molar-refractivity contribution in [2.45, 2.75) is 50.2 Å². The molecule has 210 valence electrons. The maximum Gasteiger partial charge on any atom is 0.419 e. The summed E-state index contributed by atoms with van der Waals surface area (Å²) in [5, 5.41) is 11.7. The molecule has 0 atom stereocenters. The Morgan fingerprint density at radius 3 is 2.50 bits per heavy atom. The SMILES string of the molecule is N#Cc1ncc(N2C(=O)C3(CCC3)N(c3ccc(F)c(C(=O)NCCCN4CCCC4)c3)C2=S)cc1C(F)(F)F. The van der Waals surface area contributed by atoms with Gasteiger partial charge in [0, 0.05) is 12.2 Å². The highest BCUT2D eigenvalue weighted by atomic mass is 32.1. The van der Waals surface area contributed by atoms with Crippen molar-refractivity contribution in [3.63, 3.8) is 0 Å². The lowest BCUT2D eigenvalue weighted by molar-refractivity contribution is -0.138. The maximum atomic E-state index is 14.8. The van der Waals surface area contributed by atoms with Crippen molar-refractivity contribution in [1.82, 2.24) is 15.2 Å². The molecule has 0 radical (unpaired) electrons. The van der Waals surface area contributed by atoms with Gasteiger partial charge in [-0.15, -0.1) is 0 Å². The number of nitriles is 1. The molecule has 1 aromatic heterocycles. The Bertz CT molecular complexity index is 1400. The van der Waals surface area contributed by atoms with Gasteiger partial charge < -0.3 is 15.1 Å². The van der Waals surface area contributed by atoms with Crippen LogP contribution in [0.2, 0.25) is 0 Å². The minimum absolute atomic E-state index is 0.118. The molecule has 1 spiro atoms. The van der Waals surface area contributed by atoms with Crippen LogP contribution in [-0.4, -0.2) is 58.5 Å². The number of anilines is 2. The Labute approximate surface area is 233 Å². The van der Waals surface area contributed by atoms with E-state index in [9.17, 15) is 27.2 Å². The zero-order valence-corrected chi connectivity index (χ0v) is 22.2. The number of pyridine rings is 1. The zero-order chi connectivity index (χ0) is 28.7. The summed E-state index contributed by atoms with van der Waals surface area (Å²) in [4.78, 5) is 34.9. The van der Waals surface area contributed by atoms with Gasteiger partial charge in [0.2, 0.25) is 0 Å². The van der Waals surface area contributed by atoms with Gasteiger partial charge >= 0.3 is 6.18 Å². The van der Waals surface area contributed by atoms with E-state index in [1.54, 1.807) is 0 Å². The van der Waals surface area contributed by atoms with Crippen LogP contribution < -0.4 is 15.1 Å². The van der Waals surface area contributed by atoms with E-state index in [0.717, 1.165) is 49.6 Å². The average Bonchev–Trinajstić information content (AvgIpc) is 3.49. The predicted octanol–water partition coefficient (Wildman–Crippen LogP) is 4.39. The molecule has 1 aromatic carbocycles. The summed E-state index contributed by atoms with van der Waals surface area (Å²) in [6.45, 7) is 3.28. The van der Waals surface area contributed by atoms with Crippen LogP contribution in [0.3, 0.4) is 0 Å². The molecule has 13 heteroatoms. The summed E-state index contributed by atoms with van der Waals surface area (Å²) in [6.07, 6.45) is 0.573. The highest BCUT2D eigenvalue weighted by molar-refractivity contribution is 7.81. The number of nitrogens with zero attached hydrogens (tertiary/aromatic N) is 5. The molecule has 1 N–H and O–H groups in total. The van der Waals surface area contributed by atoms with Crippen LogP contribution in [0.4, 0.5) is 28.9 Å². The van der Waals surface area contributed by atoms with Crippen LogP contribution in [0.15, 0.2) is 30.5 Å². The molecule has 2 amide bonds. The first kappa shape index (κ1) is 27.9. The maximum absolute atomic E-state index is 14.8. The number of benzene rings is 1. The molecule has 2 aliphatic heterocycles. The van der Waals surface area contributed by atoms with Gasteiger partial charge in [-0.25, -0.2) is 9.37 Å². The third-order valence-corrected chi connectivity index (χ3v) is 8.09. The lowest BCUT2D eigenvalue weighted by Gasteiger charge is -2.43. The van der Waals surface area contributed by atoms with Gasteiger partial charge in [-0.3, -0.25) is 14.5 Å². The Morgan fingerprint density at radius 2 is 1.88 bits per heavy atom. The Hall–Kier alpha value is -3.63. The smallest absolute Gasteiger partial charge is 0.352 e. The van der Waals surface area contributed by atoms with Gasteiger partial charge in [0.1, 0.15) is 17.4 Å². The molecule has 0 bridgehead atoms. The minimum Gasteiger partial charge on any atom is -0.352 e. The molecule has 2 saturated heterocycles. The van der Waals surface area contributed by atoms with Gasteiger partial charge in [-0.05, 0) is 94.6 Å². The van der Waals surface area contributed by atoms with Gasteiger partial charge in [0.25, 0.3) is 11.8 Å². The van der Waals surface area contributed by atoms with Gasteiger partial charge in [0.15, 0.2) is 10.8 Å². The van der Waals surface area contributed by atoms with Gasteiger partial charge in [-0.1, -0.05) is 0 Å². The van der Waals surface area contributed by atoms with Crippen LogP contribution >= 0.6 is 12.2 Å². The Morgan fingerprint density at radius 1 is 1.15 bits per heavy atom. The molecular formula is C27H26F4N6O2S. The molecule has 1 saturated carbocycles. The first-order valence-electron chi connectivity index (χ1n) is 13.0. The lowest BCUT2D eigenvalue weighted by atomic mass is 9.75. The predicted molar refractivity (Wildman–Crippen MR) is 142 cm³/mol. The van der Waals surface area contributed by atoms with E-state index in [1.165, 1.54) is 23.1 Å². The van der Waals surface area contributed by atoms with E-state index >= 15 is 0 Å². The summed E-state index contributed by atoms with van der Waals surface area (Å²) >= 11 is 5.59. The number of hydrogen-bond donors (Lipinski definition) is 1. The number of halogens is 4. The topological polar surface area (TPSA) is 92.6 Å². The molecule has 40 heavy (non-hydrogen) atoms. The first-order chi connectivity index (χ1) is 19.1. The number of carbonyl (C=O) groups is 2. The monoisotopic (exact) mass is 574 g/mol. The highest BCUT2D eigenvalue weighted by Crippen LogP contribution is 2.48. The summed E-state index contributed by atoms with van der Waals surface area (Å²) in [5.41, 5.74) is -3.45. The molecule has 1 aliphatic carbocycles. The Balaban J connectivity index is 1.41. The molecule has 3 aliphatic rings. The minimum atomic E-state index is -4.87. The number of likely N-dealkylation sites (tertiary alicyclic amines) is 1. The summed E-state index contributed by atoms with van der Waals surface area (Å²) in [6, 6.07) is 5.91. The summed E-state index contributed by atoms with van der Waals surface area (Å²) in [5.74, 6) is -1.90. The number of thiocarbonyl (C=S) groups is 1. The van der Waals surface area contributed by atoms with Crippen molar-refractivity contribution in [3.8, 4) is 6.07 Å². The van der Waals surface area contributed by atoms with E-state index in [-0.39, 0.29) is 22.1 Å². The van der Waals surface area contributed by atoms with Crippen LogP contribution in [-0.2, 0) is 11.0 Å². The standard InChI is InChI=1S/C27H26F4N6O2S/c28-21-6-5-17(13-19(21)23(38)33-9-4-12-35-10-1-2-11-35)37-25(40)36(24(39)26(37)7-3-8-26)18-14-20(27(29,30)31)22(15-32)34-16-18/h5-6,13-14,16H,1-4,7-12H2,(H,33,38). The average molecular weight is 575 g/mol. The third kappa shape index (κ3) is 4.90. The second kappa shape index (κ2) is 10.7. The van der Waals surface area contributed by atoms with Crippen molar-refractivity contribution in [2.75, 3.05) is 36.0 Å². The van der Waals surface area contributed by atoms with E-state index in [1.807, 2.05) is 0 Å². The molecule has 2 aromatic rings. The number of amides is 2. The molecule has 3 fully saturated rings. The van der Waals surface area contributed by atoms with Crippen molar-refractivity contribution in [1.29, 1.82) is 5.26 Å². The first-order valence-corrected chi connectivity index (χ1v) is 13.4. The normalized spacial score (nSPS) is 18.8. The molecule has 8 nitrogen and oxygen atoms in total. The number of carbonyl (C=O) groups excluding carboxylic acids is 2. The summed E-state index contributed by atoms with van der Waals surface area (Å²) < 4.78 is 55.6. The third-order valence-electron chi connectivity index (χ3n) is 7.72. The number of alkyl halides is 3. The lowest BCUT2D eigenvalue weighted by Crippen LogP contribution is -2.55. The van der Waals surface area contributed by atoms with Crippen LogP contribution in [0.25, 0.3) is 0 Å². The van der Waals surface area contributed by atoms with Crippen LogP contribution in [0.1, 0.15) is 60.1 Å². The fraction of sp³-hybridized carbons (Fsp3) is 0.444. The number of aromatic nitrogens is 1. The van der Waals surface area contributed by atoms with Crippen LogP contribution in [0.5, 0.6) is 0 Å². The highest BCUT2D eigenvalue weighted by Gasteiger charge is 2.60.